The highest BCUT2D eigenvalue weighted by Gasteiger charge is 2.16. The van der Waals surface area contributed by atoms with Gasteiger partial charge in [-0.25, -0.2) is 9.97 Å². The fourth-order valence-electron chi connectivity index (χ4n) is 3.83. The molecule has 0 bridgehead atoms. The Labute approximate surface area is 192 Å². The highest BCUT2D eigenvalue weighted by molar-refractivity contribution is 7.10. The normalized spacial score (nSPS) is 12.0. The Bertz CT molecular complexity index is 1240. The summed E-state index contributed by atoms with van der Waals surface area (Å²) >= 11 is 1.75. The van der Waals surface area contributed by atoms with Crippen molar-refractivity contribution in [3.05, 3.63) is 64.1 Å². The van der Waals surface area contributed by atoms with Gasteiger partial charge in [0.1, 0.15) is 11.6 Å². The first-order valence-electron chi connectivity index (χ1n) is 10.5. The number of methoxy groups -OCH3 is 2. The van der Waals surface area contributed by atoms with Gasteiger partial charge < -0.3 is 20.1 Å². The summed E-state index contributed by atoms with van der Waals surface area (Å²) in [6, 6.07) is 14.7. The fourth-order valence-corrected chi connectivity index (χ4v) is 4.74. The molecule has 0 saturated heterocycles. The second-order valence-electron chi connectivity index (χ2n) is 7.64. The van der Waals surface area contributed by atoms with Gasteiger partial charge in [0.05, 0.1) is 25.8 Å². The molecule has 1 unspecified atom stereocenters. The van der Waals surface area contributed by atoms with E-state index in [1.54, 1.807) is 25.6 Å². The van der Waals surface area contributed by atoms with Crippen molar-refractivity contribution in [2.24, 2.45) is 0 Å². The van der Waals surface area contributed by atoms with Crippen LogP contribution in [0.1, 0.15) is 29.2 Å². The van der Waals surface area contributed by atoms with Gasteiger partial charge in [-0.05, 0) is 55.1 Å². The number of anilines is 1. The highest BCUT2D eigenvalue weighted by atomic mass is 32.1. The standard InChI is InChI=1S/C25H28N4O2S/c1-15(24-10-18(14-32-24)19-9-7-6-8-17(19)13-26-3)27-25-20-11-22(30-4)23(31-5)12-21(20)28-16(2)29-25/h6-12,14-15,26H,13H2,1-5H3,(H,27,28,29). The maximum absolute atomic E-state index is 5.49. The lowest BCUT2D eigenvalue weighted by Crippen LogP contribution is -2.08. The van der Waals surface area contributed by atoms with Gasteiger partial charge in [-0.2, -0.15) is 0 Å². The molecule has 0 fully saturated rings. The molecule has 2 heterocycles. The Kier molecular flexibility index (Phi) is 6.58. The summed E-state index contributed by atoms with van der Waals surface area (Å²) in [4.78, 5) is 10.5. The third kappa shape index (κ3) is 4.40. The van der Waals surface area contributed by atoms with E-state index < -0.39 is 0 Å². The van der Waals surface area contributed by atoms with Crippen molar-refractivity contribution >= 4 is 28.1 Å². The molecule has 2 aromatic heterocycles. The van der Waals surface area contributed by atoms with E-state index in [0.717, 1.165) is 23.3 Å². The number of rotatable bonds is 8. The maximum atomic E-state index is 5.49. The summed E-state index contributed by atoms with van der Waals surface area (Å²) in [6.45, 7) is 4.89. The van der Waals surface area contributed by atoms with Crippen molar-refractivity contribution in [1.29, 1.82) is 0 Å². The molecule has 166 valence electrons. The van der Waals surface area contributed by atoms with Crippen LogP contribution in [-0.2, 0) is 6.54 Å². The summed E-state index contributed by atoms with van der Waals surface area (Å²) in [5.41, 5.74) is 4.60. The van der Waals surface area contributed by atoms with Gasteiger partial charge in [0.15, 0.2) is 11.5 Å². The van der Waals surface area contributed by atoms with E-state index in [1.807, 2.05) is 26.1 Å². The molecule has 0 aliphatic carbocycles. The third-order valence-electron chi connectivity index (χ3n) is 5.41. The number of fused-ring (bicyclic) bond motifs is 1. The van der Waals surface area contributed by atoms with Gasteiger partial charge in [0.25, 0.3) is 0 Å². The van der Waals surface area contributed by atoms with Crippen LogP contribution in [-0.4, -0.2) is 31.2 Å². The van der Waals surface area contributed by atoms with Crippen molar-refractivity contribution in [2.45, 2.75) is 26.4 Å². The Morgan fingerprint density at radius 1 is 1.03 bits per heavy atom. The first-order chi connectivity index (χ1) is 15.5. The lowest BCUT2D eigenvalue weighted by atomic mass is 10.0. The van der Waals surface area contributed by atoms with Gasteiger partial charge in [0, 0.05) is 22.9 Å². The zero-order valence-corrected chi connectivity index (χ0v) is 19.8. The number of nitrogens with one attached hydrogen (secondary N) is 2. The molecule has 2 N–H and O–H groups in total. The molecular formula is C25H28N4O2S. The van der Waals surface area contributed by atoms with E-state index in [-0.39, 0.29) is 6.04 Å². The highest BCUT2D eigenvalue weighted by Crippen LogP contribution is 2.36. The first kappa shape index (κ1) is 22.0. The third-order valence-corrected chi connectivity index (χ3v) is 6.52. The number of aromatic nitrogens is 2. The molecule has 0 spiro atoms. The molecule has 32 heavy (non-hydrogen) atoms. The van der Waals surface area contributed by atoms with E-state index >= 15 is 0 Å². The molecule has 0 amide bonds. The second-order valence-corrected chi connectivity index (χ2v) is 8.58. The molecule has 4 rings (SSSR count). The first-order valence-corrected chi connectivity index (χ1v) is 11.4. The van der Waals surface area contributed by atoms with Crippen LogP contribution in [0.4, 0.5) is 5.82 Å². The number of hydrogen-bond donors (Lipinski definition) is 2. The predicted octanol–water partition coefficient (Wildman–Crippen LogP) is 5.58. The zero-order valence-electron chi connectivity index (χ0n) is 19.0. The van der Waals surface area contributed by atoms with Crippen LogP contribution >= 0.6 is 11.3 Å². The largest absolute Gasteiger partial charge is 0.493 e. The van der Waals surface area contributed by atoms with E-state index in [2.05, 4.69) is 63.2 Å². The molecule has 2 aromatic carbocycles. The van der Waals surface area contributed by atoms with Gasteiger partial charge in [0.2, 0.25) is 0 Å². The van der Waals surface area contributed by atoms with Crippen LogP contribution in [0.25, 0.3) is 22.0 Å². The quantitative estimate of drug-likeness (QED) is 0.367. The molecule has 4 aromatic rings. The summed E-state index contributed by atoms with van der Waals surface area (Å²) < 4.78 is 10.9. The van der Waals surface area contributed by atoms with Crippen LogP contribution in [0.5, 0.6) is 11.5 Å². The summed E-state index contributed by atoms with van der Waals surface area (Å²) in [5, 5.41) is 9.96. The second kappa shape index (κ2) is 9.54. The van der Waals surface area contributed by atoms with Gasteiger partial charge in [-0.15, -0.1) is 11.3 Å². The van der Waals surface area contributed by atoms with E-state index in [9.17, 15) is 0 Å². The molecule has 0 aliphatic rings. The Morgan fingerprint density at radius 3 is 2.53 bits per heavy atom. The van der Waals surface area contributed by atoms with Crippen LogP contribution < -0.4 is 20.1 Å². The van der Waals surface area contributed by atoms with Crippen LogP contribution in [0.15, 0.2) is 47.8 Å². The average molecular weight is 449 g/mol. The summed E-state index contributed by atoms with van der Waals surface area (Å²) in [5.74, 6) is 2.79. The molecule has 7 heteroatoms. The number of nitrogens with zero attached hydrogens (tertiary/aromatic N) is 2. The predicted molar refractivity (Wildman–Crippen MR) is 132 cm³/mol. The number of aryl methyl sites for hydroxylation is 1. The Morgan fingerprint density at radius 2 is 1.78 bits per heavy atom. The zero-order chi connectivity index (χ0) is 22.7. The number of ether oxygens (including phenoxy) is 2. The van der Waals surface area contributed by atoms with Crippen LogP contribution in [0.2, 0.25) is 0 Å². The topological polar surface area (TPSA) is 68.3 Å². The van der Waals surface area contributed by atoms with Crippen molar-refractivity contribution in [3.63, 3.8) is 0 Å². The monoisotopic (exact) mass is 448 g/mol. The Balaban J connectivity index is 1.66. The van der Waals surface area contributed by atoms with Crippen LogP contribution in [0, 0.1) is 6.92 Å². The fraction of sp³-hybridized carbons (Fsp3) is 0.280. The number of thiophene rings is 1. The van der Waals surface area contributed by atoms with Crippen molar-refractivity contribution < 1.29 is 9.47 Å². The molecule has 0 radical (unpaired) electrons. The average Bonchev–Trinajstić information content (AvgIpc) is 3.29. The molecule has 0 aliphatic heterocycles. The van der Waals surface area contributed by atoms with E-state index in [1.165, 1.54) is 21.6 Å². The van der Waals surface area contributed by atoms with Crippen LogP contribution in [0.3, 0.4) is 0 Å². The van der Waals surface area contributed by atoms with Crippen molar-refractivity contribution in [3.8, 4) is 22.6 Å². The maximum Gasteiger partial charge on any atom is 0.162 e. The lowest BCUT2D eigenvalue weighted by molar-refractivity contribution is 0.356. The molecule has 1 atom stereocenters. The minimum absolute atomic E-state index is 0.0795. The van der Waals surface area contributed by atoms with Gasteiger partial charge in [-0.3, -0.25) is 0 Å². The lowest BCUT2D eigenvalue weighted by Gasteiger charge is -2.16. The van der Waals surface area contributed by atoms with Crippen molar-refractivity contribution in [1.82, 2.24) is 15.3 Å². The van der Waals surface area contributed by atoms with E-state index in [4.69, 9.17) is 9.47 Å². The minimum Gasteiger partial charge on any atom is -0.493 e. The van der Waals surface area contributed by atoms with E-state index in [0.29, 0.717) is 17.3 Å². The molecule has 6 nitrogen and oxygen atoms in total. The molecule has 0 saturated carbocycles. The van der Waals surface area contributed by atoms with Gasteiger partial charge in [-0.1, -0.05) is 24.3 Å². The van der Waals surface area contributed by atoms with Crippen molar-refractivity contribution in [2.75, 3.05) is 26.6 Å². The molecular weight excluding hydrogens is 420 g/mol. The van der Waals surface area contributed by atoms with Gasteiger partial charge >= 0.3 is 0 Å². The SMILES string of the molecule is CNCc1ccccc1-c1csc(C(C)Nc2nc(C)nc3cc(OC)c(OC)cc23)c1. The minimum atomic E-state index is 0.0795. The summed E-state index contributed by atoms with van der Waals surface area (Å²) in [6.07, 6.45) is 0. The number of hydrogen-bond acceptors (Lipinski definition) is 7. The smallest absolute Gasteiger partial charge is 0.162 e. The summed E-state index contributed by atoms with van der Waals surface area (Å²) in [7, 11) is 5.23. The Hall–Kier alpha value is -3.16. The number of benzene rings is 2.